The number of carbonyl (C=O) groups excluding carboxylic acids is 3. The van der Waals surface area contributed by atoms with E-state index in [1.165, 1.54) is 26.2 Å². The lowest BCUT2D eigenvalue weighted by Gasteiger charge is -2.22. The summed E-state index contributed by atoms with van der Waals surface area (Å²) in [5, 5.41) is 2.64. The Hall–Kier alpha value is -2.93. The third-order valence-corrected chi connectivity index (χ3v) is 4.22. The number of benzene rings is 1. The van der Waals surface area contributed by atoms with E-state index < -0.39 is 29.7 Å². The highest BCUT2D eigenvalue weighted by Crippen LogP contribution is 2.33. The maximum atomic E-state index is 12.7. The molecule has 3 atom stereocenters. The summed E-state index contributed by atoms with van der Waals surface area (Å²) >= 11 is 0. The number of allylic oxidation sites excluding steroid dienone is 2. The van der Waals surface area contributed by atoms with Crippen molar-refractivity contribution >= 4 is 17.8 Å². The molecule has 1 heterocycles. The van der Waals surface area contributed by atoms with Crippen LogP contribution >= 0.6 is 0 Å². The molecule has 0 spiro atoms. The number of nitrogens with one attached hydrogen (secondary N) is 1. The maximum absolute atomic E-state index is 12.7. The van der Waals surface area contributed by atoms with Gasteiger partial charge in [-0.25, -0.2) is 9.59 Å². The van der Waals surface area contributed by atoms with Crippen molar-refractivity contribution in [3.63, 3.8) is 0 Å². The van der Waals surface area contributed by atoms with Gasteiger partial charge in [0.15, 0.2) is 6.10 Å². The van der Waals surface area contributed by atoms with Crippen LogP contribution in [0.3, 0.4) is 0 Å². The predicted molar refractivity (Wildman–Crippen MR) is 102 cm³/mol. The molecule has 0 unspecified atom stereocenters. The molecule has 0 radical (unpaired) electrons. The molecule has 7 heteroatoms. The maximum Gasteiger partial charge on any atom is 0.330 e. The minimum absolute atomic E-state index is 0.315. The second-order valence-corrected chi connectivity index (χ2v) is 6.67. The van der Waals surface area contributed by atoms with Crippen molar-refractivity contribution in [2.75, 3.05) is 13.7 Å². The minimum Gasteiger partial charge on any atom is -0.466 e. The Morgan fingerprint density at radius 3 is 2.50 bits per heavy atom. The Bertz CT molecular complexity index is 751. The summed E-state index contributed by atoms with van der Waals surface area (Å²) < 4.78 is 15.6. The second kappa shape index (κ2) is 9.85. The highest BCUT2D eigenvalue weighted by Gasteiger charge is 2.48. The fourth-order valence-corrected chi connectivity index (χ4v) is 2.51. The van der Waals surface area contributed by atoms with Gasteiger partial charge >= 0.3 is 11.9 Å². The van der Waals surface area contributed by atoms with E-state index in [9.17, 15) is 14.4 Å². The van der Waals surface area contributed by atoms with E-state index in [4.69, 9.17) is 9.47 Å². The van der Waals surface area contributed by atoms with Gasteiger partial charge in [-0.15, -0.1) is 0 Å². The number of carbonyl (C=O) groups is 3. The molecule has 1 aromatic rings. The van der Waals surface area contributed by atoms with Gasteiger partial charge in [0.05, 0.1) is 13.7 Å². The van der Waals surface area contributed by atoms with Crippen LogP contribution < -0.4 is 5.32 Å². The average molecular weight is 387 g/mol. The van der Waals surface area contributed by atoms with E-state index in [0.717, 1.165) is 5.56 Å². The van der Waals surface area contributed by atoms with Crippen LogP contribution in [0, 0.1) is 0 Å². The molecule has 0 aromatic heterocycles. The Morgan fingerprint density at radius 1 is 1.25 bits per heavy atom. The summed E-state index contributed by atoms with van der Waals surface area (Å²) in [5.41, 5.74) is 0.277. The smallest absolute Gasteiger partial charge is 0.330 e. The van der Waals surface area contributed by atoms with Gasteiger partial charge in [-0.1, -0.05) is 42.5 Å². The van der Waals surface area contributed by atoms with Crippen LogP contribution in [0.1, 0.15) is 19.4 Å². The van der Waals surface area contributed by atoms with E-state index in [0.29, 0.717) is 13.0 Å². The van der Waals surface area contributed by atoms with Crippen molar-refractivity contribution in [1.29, 1.82) is 0 Å². The zero-order valence-electron chi connectivity index (χ0n) is 16.2. The summed E-state index contributed by atoms with van der Waals surface area (Å²) in [6, 6.07) is 8.55. The Labute approximate surface area is 164 Å². The summed E-state index contributed by atoms with van der Waals surface area (Å²) in [7, 11) is 1.29. The lowest BCUT2D eigenvalue weighted by molar-refractivity contribution is -0.153. The van der Waals surface area contributed by atoms with Crippen molar-refractivity contribution in [2.45, 2.75) is 38.0 Å². The van der Waals surface area contributed by atoms with Gasteiger partial charge in [0, 0.05) is 19.4 Å². The number of ether oxygens (including phenoxy) is 3. The van der Waals surface area contributed by atoms with Crippen molar-refractivity contribution in [3.05, 3.63) is 60.2 Å². The summed E-state index contributed by atoms with van der Waals surface area (Å²) in [5.74, 6) is -1.36. The SMILES string of the molecule is COC(=O)/C=C/C=C/[C@@H](OC(=O)[C@H](Cc1ccccc1)NC(C)=O)[C@]1(C)CO1. The number of rotatable bonds is 9. The highest BCUT2D eigenvalue weighted by molar-refractivity contribution is 5.84. The zero-order valence-corrected chi connectivity index (χ0v) is 16.2. The lowest BCUT2D eigenvalue weighted by atomic mass is 10.0. The molecule has 0 saturated carbocycles. The van der Waals surface area contributed by atoms with Gasteiger partial charge in [0.2, 0.25) is 5.91 Å². The minimum atomic E-state index is -0.816. The first kappa shape index (κ1) is 21.4. The molecule has 1 aromatic carbocycles. The molecule has 150 valence electrons. The molecule has 2 rings (SSSR count). The third-order valence-electron chi connectivity index (χ3n) is 4.22. The van der Waals surface area contributed by atoms with E-state index in [1.807, 2.05) is 37.3 Å². The molecule has 0 aliphatic carbocycles. The molecule has 7 nitrogen and oxygen atoms in total. The average Bonchev–Trinajstić information content (AvgIpc) is 3.42. The van der Waals surface area contributed by atoms with Crippen LogP contribution in [0.5, 0.6) is 0 Å². The third kappa shape index (κ3) is 6.66. The number of epoxide rings is 1. The van der Waals surface area contributed by atoms with Crippen LogP contribution in [-0.2, 0) is 35.0 Å². The van der Waals surface area contributed by atoms with Crippen molar-refractivity contribution in [1.82, 2.24) is 5.32 Å². The molecule has 1 N–H and O–H groups in total. The van der Waals surface area contributed by atoms with Crippen LogP contribution in [0.25, 0.3) is 0 Å². The molecular formula is C21H25NO6. The fraction of sp³-hybridized carbons (Fsp3) is 0.381. The first-order chi connectivity index (χ1) is 13.3. The number of methoxy groups -OCH3 is 1. The molecular weight excluding hydrogens is 362 g/mol. The van der Waals surface area contributed by atoms with Crippen LogP contribution in [0.15, 0.2) is 54.6 Å². The van der Waals surface area contributed by atoms with Crippen molar-refractivity contribution in [2.24, 2.45) is 0 Å². The summed E-state index contributed by atoms with van der Waals surface area (Å²) in [6.45, 7) is 3.62. The van der Waals surface area contributed by atoms with Gasteiger partial charge in [-0.05, 0) is 18.6 Å². The van der Waals surface area contributed by atoms with Crippen LogP contribution in [-0.4, -0.2) is 49.3 Å². The molecule has 28 heavy (non-hydrogen) atoms. The number of hydrogen-bond donors (Lipinski definition) is 1. The Morgan fingerprint density at radius 2 is 1.93 bits per heavy atom. The van der Waals surface area contributed by atoms with Crippen LogP contribution in [0.2, 0.25) is 0 Å². The lowest BCUT2D eigenvalue weighted by Crippen LogP contribution is -2.45. The Kier molecular flexibility index (Phi) is 7.52. The van der Waals surface area contributed by atoms with E-state index >= 15 is 0 Å². The van der Waals surface area contributed by atoms with E-state index in [1.54, 1.807) is 12.2 Å². The number of esters is 2. The molecule has 1 saturated heterocycles. The second-order valence-electron chi connectivity index (χ2n) is 6.67. The quantitative estimate of drug-likeness (QED) is 0.300. The van der Waals surface area contributed by atoms with E-state index in [2.05, 4.69) is 10.1 Å². The predicted octanol–water partition coefficient (Wildman–Crippen LogP) is 1.72. The van der Waals surface area contributed by atoms with Crippen LogP contribution in [0.4, 0.5) is 0 Å². The number of amides is 1. The van der Waals surface area contributed by atoms with Gasteiger partial charge in [0.25, 0.3) is 0 Å². The van der Waals surface area contributed by atoms with Gasteiger partial charge < -0.3 is 19.5 Å². The van der Waals surface area contributed by atoms with E-state index in [-0.39, 0.29) is 5.91 Å². The highest BCUT2D eigenvalue weighted by atomic mass is 16.6. The summed E-state index contributed by atoms with van der Waals surface area (Å²) in [6.07, 6.45) is 5.63. The molecule has 1 amide bonds. The largest absolute Gasteiger partial charge is 0.466 e. The van der Waals surface area contributed by atoms with Gasteiger partial charge in [-0.2, -0.15) is 0 Å². The number of hydrogen-bond acceptors (Lipinski definition) is 6. The van der Waals surface area contributed by atoms with Gasteiger partial charge in [-0.3, -0.25) is 4.79 Å². The van der Waals surface area contributed by atoms with Gasteiger partial charge in [0.1, 0.15) is 11.6 Å². The topological polar surface area (TPSA) is 94.2 Å². The molecule has 1 aliphatic heterocycles. The standard InChI is InChI=1S/C21H25NO6/c1-15(23)22-17(13-16-9-5-4-6-10-16)20(25)28-18(21(2)14-27-21)11-7-8-12-19(24)26-3/h4-12,17-18H,13-14H2,1-3H3,(H,22,23)/b11-7+,12-8+/t17-,18+,21-/m0/s1. The fourth-order valence-electron chi connectivity index (χ4n) is 2.51. The van der Waals surface area contributed by atoms with Crippen molar-refractivity contribution < 1.29 is 28.6 Å². The Balaban J connectivity index is 2.08. The first-order valence-corrected chi connectivity index (χ1v) is 8.92. The molecule has 1 aliphatic rings. The normalized spacial score (nSPS) is 20.5. The monoisotopic (exact) mass is 387 g/mol. The first-order valence-electron chi connectivity index (χ1n) is 8.92. The molecule has 0 bridgehead atoms. The molecule has 1 fully saturated rings. The summed E-state index contributed by atoms with van der Waals surface area (Å²) in [4.78, 5) is 35.4. The van der Waals surface area contributed by atoms with Crippen molar-refractivity contribution in [3.8, 4) is 0 Å². The zero-order chi connectivity index (χ0) is 20.6.